The summed E-state index contributed by atoms with van der Waals surface area (Å²) in [6.07, 6.45) is -0.509. The highest BCUT2D eigenvalue weighted by atomic mass is 79.9. The molecule has 1 amide bonds. The molecule has 2 aromatic rings. The Morgan fingerprint density at radius 2 is 2.00 bits per heavy atom. The van der Waals surface area contributed by atoms with E-state index in [4.69, 9.17) is 0 Å². The average Bonchev–Trinajstić information content (AvgIpc) is 2.43. The number of nitrogens with zero attached hydrogens (tertiary/aromatic N) is 1. The molecule has 3 rings (SSSR count). The van der Waals surface area contributed by atoms with Gasteiger partial charge >= 0.3 is 0 Å². The molecule has 3 nitrogen and oxygen atoms in total. The van der Waals surface area contributed by atoms with Crippen LogP contribution in [-0.4, -0.2) is 17.9 Å². The molecule has 20 heavy (non-hydrogen) atoms. The standard InChI is InChI=1S/C15H12BrFN2O/c1-19-14(10-7-6-9(16)8-12(10)17)18-13-5-3-2-4-11(13)15(19)20/h2-8,14,18H,1H3. The molecule has 0 saturated carbocycles. The van der Waals surface area contributed by atoms with Crippen LogP contribution in [0.15, 0.2) is 46.9 Å². The highest BCUT2D eigenvalue weighted by molar-refractivity contribution is 9.10. The molecule has 102 valence electrons. The number of rotatable bonds is 1. The van der Waals surface area contributed by atoms with Crippen LogP contribution in [0.1, 0.15) is 22.1 Å². The molecule has 0 aromatic heterocycles. The van der Waals surface area contributed by atoms with Gasteiger partial charge in [0.2, 0.25) is 0 Å². The fourth-order valence-electron chi connectivity index (χ4n) is 2.36. The summed E-state index contributed by atoms with van der Waals surface area (Å²) in [5.74, 6) is -0.470. The second kappa shape index (κ2) is 4.90. The van der Waals surface area contributed by atoms with Crippen LogP contribution in [-0.2, 0) is 0 Å². The number of carbonyl (C=O) groups is 1. The lowest BCUT2D eigenvalue weighted by molar-refractivity contribution is 0.0733. The molecule has 1 heterocycles. The van der Waals surface area contributed by atoms with Gasteiger partial charge < -0.3 is 10.2 Å². The molecule has 0 saturated heterocycles. The fraction of sp³-hybridized carbons (Fsp3) is 0.133. The van der Waals surface area contributed by atoms with Crippen molar-refractivity contribution in [2.75, 3.05) is 12.4 Å². The van der Waals surface area contributed by atoms with Gasteiger partial charge in [0.15, 0.2) is 0 Å². The van der Waals surface area contributed by atoms with E-state index < -0.39 is 6.17 Å². The minimum absolute atomic E-state index is 0.119. The molecule has 0 fully saturated rings. The second-order valence-corrected chi connectivity index (χ2v) is 5.59. The van der Waals surface area contributed by atoms with E-state index in [2.05, 4.69) is 21.2 Å². The number of fused-ring (bicyclic) bond motifs is 1. The molecule has 0 spiro atoms. The first kappa shape index (κ1) is 13.1. The van der Waals surface area contributed by atoms with Crippen LogP contribution in [0.25, 0.3) is 0 Å². The van der Waals surface area contributed by atoms with Gasteiger partial charge in [-0.3, -0.25) is 4.79 Å². The zero-order chi connectivity index (χ0) is 14.3. The molecule has 1 aliphatic rings. The van der Waals surface area contributed by atoms with E-state index in [0.29, 0.717) is 15.6 Å². The SMILES string of the molecule is CN1C(=O)c2ccccc2NC1c1ccc(Br)cc1F. The lowest BCUT2D eigenvalue weighted by Crippen LogP contribution is -2.40. The summed E-state index contributed by atoms with van der Waals surface area (Å²) in [6, 6.07) is 12.1. The number of para-hydroxylation sites is 1. The molecular formula is C15H12BrFN2O. The van der Waals surface area contributed by atoms with Gasteiger partial charge in [-0.15, -0.1) is 0 Å². The minimum atomic E-state index is -0.509. The van der Waals surface area contributed by atoms with Crippen LogP contribution in [0, 0.1) is 5.82 Å². The van der Waals surface area contributed by atoms with Crippen molar-refractivity contribution < 1.29 is 9.18 Å². The Bertz CT molecular complexity index is 689. The summed E-state index contributed by atoms with van der Waals surface area (Å²) in [7, 11) is 1.66. The molecular weight excluding hydrogens is 323 g/mol. The number of carbonyl (C=O) groups excluding carboxylic acids is 1. The molecule has 0 radical (unpaired) electrons. The normalized spacial score (nSPS) is 17.6. The van der Waals surface area contributed by atoms with Gasteiger partial charge in [0.25, 0.3) is 5.91 Å². The van der Waals surface area contributed by atoms with Crippen molar-refractivity contribution in [2.24, 2.45) is 0 Å². The first-order valence-electron chi connectivity index (χ1n) is 6.15. The Morgan fingerprint density at radius 3 is 2.75 bits per heavy atom. The number of halogens is 2. The highest BCUT2D eigenvalue weighted by Crippen LogP contribution is 2.33. The van der Waals surface area contributed by atoms with Crippen LogP contribution < -0.4 is 5.32 Å². The maximum atomic E-state index is 14.1. The predicted octanol–water partition coefficient (Wildman–Crippen LogP) is 3.78. The third-order valence-electron chi connectivity index (χ3n) is 3.41. The van der Waals surface area contributed by atoms with Crippen molar-refractivity contribution in [2.45, 2.75) is 6.17 Å². The van der Waals surface area contributed by atoms with E-state index in [1.807, 2.05) is 18.2 Å². The Labute approximate surface area is 124 Å². The van der Waals surface area contributed by atoms with E-state index >= 15 is 0 Å². The molecule has 0 bridgehead atoms. The number of nitrogens with one attached hydrogen (secondary N) is 1. The van der Waals surface area contributed by atoms with Crippen LogP contribution in [0.5, 0.6) is 0 Å². The molecule has 2 aromatic carbocycles. The quantitative estimate of drug-likeness (QED) is 0.860. The van der Waals surface area contributed by atoms with E-state index in [-0.39, 0.29) is 11.7 Å². The third kappa shape index (κ3) is 2.08. The van der Waals surface area contributed by atoms with Gasteiger partial charge in [-0.25, -0.2) is 4.39 Å². The van der Waals surface area contributed by atoms with Gasteiger partial charge in [0.1, 0.15) is 12.0 Å². The minimum Gasteiger partial charge on any atom is -0.361 e. The molecule has 1 unspecified atom stereocenters. The molecule has 0 aliphatic carbocycles. The first-order chi connectivity index (χ1) is 9.58. The van der Waals surface area contributed by atoms with Crippen molar-refractivity contribution in [3.63, 3.8) is 0 Å². The second-order valence-electron chi connectivity index (χ2n) is 4.67. The van der Waals surface area contributed by atoms with Crippen LogP contribution in [0.3, 0.4) is 0 Å². The molecule has 1 atom stereocenters. The van der Waals surface area contributed by atoms with Crippen LogP contribution in [0.2, 0.25) is 0 Å². The average molecular weight is 335 g/mol. The lowest BCUT2D eigenvalue weighted by atomic mass is 10.0. The summed E-state index contributed by atoms with van der Waals surface area (Å²) >= 11 is 3.23. The topological polar surface area (TPSA) is 32.3 Å². The monoisotopic (exact) mass is 334 g/mol. The van der Waals surface area contributed by atoms with Crippen molar-refractivity contribution in [3.05, 3.63) is 63.9 Å². The largest absolute Gasteiger partial charge is 0.361 e. The van der Waals surface area contributed by atoms with E-state index in [1.54, 1.807) is 25.2 Å². The Balaban J connectivity index is 2.06. The molecule has 5 heteroatoms. The summed E-state index contributed by atoms with van der Waals surface area (Å²) < 4.78 is 14.8. The summed E-state index contributed by atoms with van der Waals surface area (Å²) in [6.45, 7) is 0. The summed E-state index contributed by atoms with van der Waals surface area (Å²) in [5, 5.41) is 3.20. The summed E-state index contributed by atoms with van der Waals surface area (Å²) in [5.41, 5.74) is 1.77. The van der Waals surface area contributed by atoms with Crippen LogP contribution in [0.4, 0.5) is 10.1 Å². The number of benzene rings is 2. The van der Waals surface area contributed by atoms with Gasteiger partial charge in [-0.2, -0.15) is 0 Å². The highest BCUT2D eigenvalue weighted by Gasteiger charge is 2.31. The van der Waals surface area contributed by atoms with Crippen molar-refractivity contribution in [1.82, 2.24) is 4.90 Å². The maximum Gasteiger partial charge on any atom is 0.257 e. The van der Waals surface area contributed by atoms with Gasteiger partial charge in [-0.1, -0.05) is 34.1 Å². The van der Waals surface area contributed by atoms with Crippen LogP contribution >= 0.6 is 15.9 Å². The number of amides is 1. The number of anilines is 1. The van der Waals surface area contributed by atoms with E-state index in [0.717, 1.165) is 5.69 Å². The Morgan fingerprint density at radius 1 is 1.25 bits per heavy atom. The first-order valence-corrected chi connectivity index (χ1v) is 6.95. The third-order valence-corrected chi connectivity index (χ3v) is 3.91. The molecule has 1 N–H and O–H groups in total. The zero-order valence-corrected chi connectivity index (χ0v) is 12.3. The van der Waals surface area contributed by atoms with Crippen molar-refractivity contribution in [1.29, 1.82) is 0 Å². The smallest absolute Gasteiger partial charge is 0.257 e. The van der Waals surface area contributed by atoms with Crippen molar-refractivity contribution in [3.8, 4) is 0 Å². The van der Waals surface area contributed by atoms with E-state index in [1.165, 1.54) is 11.0 Å². The number of hydrogen-bond donors (Lipinski definition) is 1. The lowest BCUT2D eigenvalue weighted by Gasteiger charge is -2.35. The van der Waals surface area contributed by atoms with E-state index in [9.17, 15) is 9.18 Å². The molecule has 1 aliphatic heterocycles. The predicted molar refractivity (Wildman–Crippen MR) is 79.0 cm³/mol. The van der Waals surface area contributed by atoms with Crippen molar-refractivity contribution >= 4 is 27.5 Å². The fourth-order valence-corrected chi connectivity index (χ4v) is 2.69. The van der Waals surface area contributed by atoms with Gasteiger partial charge in [-0.05, 0) is 24.3 Å². The Hall–Kier alpha value is -1.88. The number of hydrogen-bond acceptors (Lipinski definition) is 2. The van der Waals surface area contributed by atoms with Gasteiger partial charge in [0, 0.05) is 22.8 Å². The maximum absolute atomic E-state index is 14.1. The summed E-state index contributed by atoms with van der Waals surface area (Å²) in [4.78, 5) is 13.8. The van der Waals surface area contributed by atoms with Gasteiger partial charge in [0.05, 0.1) is 5.56 Å². The zero-order valence-electron chi connectivity index (χ0n) is 10.7. The Kier molecular flexibility index (Phi) is 3.22.